The van der Waals surface area contributed by atoms with Crippen LogP contribution in [0.15, 0.2) is 52.3 Å². The Morgan fingerprint density at radius 3 is 2.52 bits per heavy atom. The number of hydrogen-bond donors (Lipinski definition) is 2. The van der Waals surface area contributed by atoms with Gasteiger partial charge in [0.25, 0.3) is 5.56 Å². The molecule has 0 unspecified atom stereocenters. The van der Waals surface area contributed by atoms with Crippen LogP contribution in [-0.4, -0.2) is 25.4 Å². The quantitative estimate of drug-likeness (QED) is 0.769. The topological polar surface area (TPSA) is 97.3 Å². The number of hydrogen-bond acceptors (Lipinski definition) is 4. The molecule has 1 aromatic carbocycles. The van der Waals surface area contributed by atoms with Gasteiger partial charge in [0.2, 0.25) is 15.9 Å². The van der Waals surface area contributed by atoms with Gasteiger partial charge in [-0.25, -0.2) is 13.1 Å². The minimum absolute atomic E-state index is 0.263. The molecular weight excluding hydrogens is 387 g/mol. The maximum absolute atomic E-state index is 12.7. The Kier molecular flexibility index (Phi) is 6.06. The van der Waals surface area contributed by atoms with E-state index in [9.17, 15) is 31.2 Å². The Morgan fingerprint density at radius 2 is 1.89 bits per heavy atom. The number of carbonyl (C=O) groups is 1. The van der Waals surface area contributed by atoms with Crippen LogP contribution in [0.25, 0.3) is 0 Å². The van der Waals surface area contributed by atoms with Gasteiger partial charge in [-0.2, -0.15) is 13.2 Å². The summed E-state index contributed by atoms with van der Waals surface area (Å²) in [6.45, 7) is 1.42. The first kappa shape index (κ1) is 20.6. The van der Waals surface area contributed by atoms with Crippen LogP contribution in [0.2, 0.25) is 0 Å². The van der Waals surface area contributed by atoms with Crippen LogP contribution in [-0.2, 0) is 27.5 Å². The van der Waals surface area contributed by atoms with Crippen molar-refractivity contribution >= 4 is 21.6 Å². The van der Waals surface area contributed by atoms with Crippen molar-refractivity contribution in [1.29, 1.82) is 0 Å². The molecule has 0 saturated heterocycles. The van der Waals surface area contributed by atoms with Gasteiger partial charge in [0.05, 0.1) is 22.7 Å². The van der Waals surface area contributed by atoms with E-state index < -0.39 is 39.1 Å². The molecule has 2 rings (SSSR count). The molecule has 0 aliphatic rings. The first-order valence-electron chi connectivity index (χ1n) is 7.70. The van der Waals surface area contributed by atoms with E-state index in [1.165, 1.54) is 22.9 Å². The highest BCUT2D eigenvalue weighted by Gasteiger charge is 2.31. The average molecular weight is 403 g/mol. The molecule has 0 atom stereocenters. The van der Waals surface area contributed by atoms with Crippen LogP contribution in [0, 0.1) is 0 Å². The molecule has 0 aliphatic heterocycles. The Morgan fingerprint density at radius 1 is 1.19 bits per heavy atom. The smallest absolute Gasteiger partial charge is 0.324 e. The first-order valence-corrected chi connectivity index (χ1v) is 9.18. The van der Waals surface area contributed by atoms with E-state index >= 15 is 0 Å². The summed E-state index contributed by atoms with van der Waals surface area (Å²) < 4.78 is 65.6. The number of halogens is 3. The Balaban J connectivity index is 2.07. The highest BCUT2D eigenvalue weighted by atomic mass is 32.2. The number of aromatic nitrogens is 1. The Bertz CT molecular complexity index is 1000. The maximum atomic E-state index is 12.7. The summed E-state index contributed by atoms with van der Waals surface area (Å²) in [6.07, 6.45) is -3.30. The van der Waals surface area contributed by atoms with E-state index in [0.29, 0.717) is 12.6 Å². The number of nitrogens with one attached hydrogen (secondary N) is 2. The third-order valence-corrected chi connectivity index (χ3v) is 4.90. The zero-order valence-electron chi connectivity index (χ0n) is 14.1. The van der Waals surface area contributed by atoms with Crippen molar-refractivity contribution in [2.45, 2.75) is 24.5 Å². The lowest BCUT2D eigenvalue weighted by Gasteiger charge is -2.11. The molecule has 1 aromatic heterocycles. The Hall–Kier alpha value is -2.66. The fourth-order valence-corrected chi connectivity index (χ4v) is 3.17. The van der Waals surface area contributed by atoms with Crippen molar-refractivity contribution < 1.29 is 26.4 Å². The number of sulfonamides is 1. The standard InChI is InChI=1S/C16H16F3N3O4S/c1-2-22-10-12(6-7-15(22)24)21-14(23)9-20-27(25,26)13-5-3-4-11(8-13)16(17,18)19/h3-8,10,20H,2,9H2,1H3,(H,21,23). The second kappa shape index (κ2) is 7.92. The molecule has 0 radical (unpaired) electrons. The van der Waals surface area contributed by atoms with Crippen molar-refractivity contribution in [3.8, 4) is 0 Å². The monoisotopic (exact) mass is 403 g/mol. The van der Waals surface area contributed by atoms with Crippen LogP contribution >= 0.6 is 0 Å². The maximum Gasteiger partial charge on any atom is 0.416 e. The van der Waals surface area contributed by atoms with E-state index in [1.54, 1.807) is 6.92 Å². The molecule has 1 amide bonds. The summed E-state index contributed by atoms with van der Waals surface area (Å²) in [5.74, 6) is -0.744. The average Bonchev–Trinajstić information content (AvgIpc) is 2.61. The number of rotatable bonds is 6. The molecule has 0 spiro atoms. The summed E-state index contributed by atoms with van der Waals surface area (Å²) in [7, 11) is -4.32. The largest absolute Gasteiger partial charge is 0.416 e. The van der Waals surface area contributed by atoms with Crippen LogP contribution in [0.3, 0.4) is 0 Å². The van der Waals surface area contributed by atoms with E-state index in [-0.39, 0.29) is 11.2 Å². The van der Waals surface area contributed by atoms with Crippen molar-refractivity contribution in [2.75, 3.05) is 11.9 Å². The number of benzene rings is 1. The minimum Gasteiger partial charge on any atom is -0.324 e. The molecule has 0 bridgehead atoms. The highest BCUT2D eigenvalue weighted by Crippen LogP contribution is 2.30. The van der Waals surface area contributed by atoms with Crippen LogP contribution in [0.4, 0.5) is 18.9 Å². The molecular formula is C16H16F3N3O4S. The van der Waals surface area contributed by atoms with E-state index in [2.05, 4.69) is 5.32 Å². The molecule has 7 nitrogen and oxygen atoms in total. The van der Waals surface area contributed by atoms with Gasteiger partial charge in [0.1, 0.15) is 0 Å². The number of anilines is 1. The van der Waals surface area contributed by atoms with E-state index in [0.717, 1.165) is 18.2 Å². The van der Waals surface area contributed by atoms with Gasteiger partial charge in [0.15, 0.2) is 0 Å². The van der Waals surface area contributed by atoms with Gasteiger partial charge in [-0.3, -0.25) is 9.59 Å². The molecule has 2 aromatic rings. The molecule has 1 heterocycles. The Labute approximate surface area is 152 Å². The van der Waals surface area contributed by atoms with Crippen molar-refractivity contribution in [2.24, 2.45) is 0 Å². The van der Waals surface area contributed by atoms with Crippen molar-refractivity contribution in [1.82, 2.24) is 9.29 Å². The molecule has 146 valence electrons. The SMILES string of the molecule is CCn1cc(NC(=O)CNS(=O)(=O)c2cccc(C(F)(F)F)c2)ccc1=O. The zero-order valence-corrected chi connectivity index (χ0v) is 14.9. The summed E-state index contributed by atoms with van der Waals surface area (Å²) in [5, 5.41) is 2.40. The first-order chi connectivity index (χ1) is 12.5. The predicted molar refractivity (Wildman–Crippen MR) is 91.6 cm³/mol. The number of amides is 1. The van der Waals surface area contributed by atoms with E-state index in [4.69, 9.17) is 0 Å². The van der Waals surface area contributed by atoms with Gasteiger partial charge in [0, 0.05) is 18.8 Å². The van der Waals surface area contributed by atoms with Crippen molar-refractivity contribution in [3.63, 3.8) is 0 Å². The molecule has 0 fully saturated rings. The number of nitrogens with zero attached hydrogens (tertiary/aromatic N) is 1. The molecule has 0 saturated carbocycles. The van der Waals surface area contributed by atoms with Gasteiger partial charge in [-0.05, 0) is 31.2 Å². The highest BCUT2D eigenvalue weighted by molar-refractivity contribution is 7.89. The second-order valence-electron chi connectivity index (χ2n) is 5.44. The lowest BCUT2D eigenvalue weighted by Crippen LogP contribution is -2.33. The molecule has 0 aliphatic carbocycles. The predicted octanol–water partition coefficient (Wildman–Crippen LogP) is 1.80. The lowest BCUT2D eigenvalue weighted by molar-refractivity contribution is -0.137. The van der Waals surface area contributed by atoms with Gasteiger partial charge in [-0.15, -0.1) is 0 Å². The summed E-state index contributed by atoms with van der Waals surface area (Å²) in [5.41, 5.74) is -1.10. The van der Waals surface area contributed by atoms with Gasteiger partial charge in [-0.1, -0.05) is 6.07 Å². The summed E-state index contributed by atoms with van der Waals surface area (Å²) in [6, 6.07) is 5.78. The number of pyridine rings is 1. The fraction of sp³-hybridized carbons (Fsp3) is 0.250. The fourth-order valence-electron chi connectivity index (χ4n) is 2.14. The summed E-state index contributed by atoms with van der Waals surface area (Å²) >= 11 is 0. The van der Waals surface area contributed by atoms with Crippen molar-refractivity contribution in [3.05, 3.63) is 58.5 Å². The van der Waals surface area contributed by atoms with Crippen LogP contribution in [0.5, 0.6) is 0 Å². The molecule has 27 heavy (non-hydrogen) atoms. The molecule has 2 N–H and O–H groups in total. The van der Waals surface area contributed by atoms with Gasteiger partial charge >= 0.3 is 6.18 Å². The normalized spacial score (nSPS) is 12.0. The van der Waals surface area contributed by atoms with E-state index in [1.807, 2.05) is 4.72 Å². The number of carbonyl (C=O) groups excluding carboxylic acids is 1. The zero-order chi connectivity index (χ0) is 20.2. The minimum atomic E-state index is -4.69. The number of aryl methyl sites for hydroxylation is 1. The van der Waals surface area contributed by atoms with Crippen LogP contribution in [0.1, 0.15) is 12.5 Å². The van der Waals surface area contributed by atoms with Gasteiger partial charge < -0.3 is 9.88 Å². The molecule has 11 heteroatoms. The number of alkyl halides is 3. The third-order valence-electron chi connectivity index (χ3n) is 3.50. The third kappa shape index (κ3) is 5.41. The lowest BCUT2D eigenvalue weighted by atomic mass is 10.2. The van der Waals surface area contributed by atoms with Crippen LogP contribution < -0.4 is 15.6 Å². The summed E-state index contributed by atoms with van der Waals surface area (Å²) in [4.78, 5) is 22.8. The second-order valence-corrected chi connectivity index (χ2v) is 7.21.